The van der Waals surface area contributed by atoms with E-state index in [-0.39, 0.29) is 11.5 Å². The van der Waals surface area contributed by atoms with Gasteiger partial charge in [-0.2, -0.15) is 0 Å². The van der Waals surface area contributed by atoms with Crippen molar-refractivity contribution in [2.45, 2.75) is 45.6 Å². The molecule has 0 amide bonds. The van der Waals surface area contributed by atoms with Gasteiger partial charge in [-0.25, -0.2) is 0 Å². The summed E-state index contributed by atoms with van der Waals surface area (Å²) in [5, 5.41) is 0. The van der Waals surface area contributed by atoms with Gasteiger partial charge in [0.25, 0.3) is 0 Å². The van der Waals surface area contributed by atoms with E-state index >= 15 is 0 Å². The average molecular weight is 273 g/mol. The van der Waals surface area contributed by atoms with Crippen LogP contribution < -0.4 is 5.73 Å². The first kappa shape index (κ1) is 14.3. The Kier molecular flexibility index (Phi) is 4.12. The van der Waals surface area contributed by atoms with E-state index in [0.29, 0.717) is 0 Å². The number of benzene rings is 1. The highest BCUT2D eigenvalue weighted by Gasteiger charge is 2.19. The number of rotatable bonds is 3. The van der Waals surface area contributed by atoms with Crippen molar-refractivity contribution < 1.29 is 0 Å². The van der Waals surface area contributed by atoms with E-state index in [1.54, 1.807) is 0 Å². The molecule has 0 aliphatic carbocycles. The van der Waals surface area contributed by atoms with Crippen molar-refractivity contribution >= 4 is 11.3 Å². The monoisotopic (exact) mass is 273 g/mol. The van der Waals surface area contributed by atoms with Crippen molar-refractivity contribution in [1.29, 1.82) is 0 Å². The molecular weight excluding hydrogens is 250 g/mol. The van der Waals surface area contributed by atoms with E-state index < -0.39 is 0 Å². The molecule has 0 fully saturated rings. The Labute approximate surface area is 120 Å². The first-order chi connectivity index (χ1) is 8.93. The standard InChI is InChI=1S/C17H23NS/c1-5-14(18)16-11-10-15(19-16)12-8-6-7-9-13(12)17(2,3)4/h6-11,14H,5,18H2,1-4H3. The summed E-state index contributed by atoms with van der Waals surface area (Å²) in [6, 6.07) is 13.2. The number of nitrogens with two attached hydrogens (primary N) is 1. The van der Waals surface area contributed by atoms with Crippen LogP contribution in [0.5, 0.6) is 0 Å². The Balaban J connectivity index is 2.45. The summed E-state index contributed by atoms with van der Waals surface area (Å²) in [4.78, 5) is 2.60. The van der Waals surface area contributed by atoms with Crippen LogP contribution in [0.2, 0.25) is 0 Å². The lowest BCUT2D eigenvalue weighted by molar-refractivity contribution is 0.592. The Morgan fingerprint density at radius 1 is 1.11 bits per heavy atom. The summed E-state index contributed by atoms with van der Waals surface area (Å²) in [5.74, 6) is 0. The lowest BCUT2D eigenvalue weighted by Crippen LogP contribution is -2.12. The minimum atomic E-state index is 0.160. The molecule has 2 aromatic rings. The third-order valence-corrected chi connectivity index (χ3v) is 4.68. The molecule has 102 valence electrons. The molecular formula is C17H23NS. The molecule has 0 saturated heterocycles. The van der Waals surface area contributed by atoms with E-state index in [4.69, 9.17) is 5.73 Å². The molecule has 1 aromatic carbocycles. The van der Waals surface area contributed by atoms with Crippen LogP contribution in [0.25, 0.3) is 10.4 Å². The average Bonchev–Trinajstić information content (AvgIpc) is 2.86. The van der Waals surface area contributed by atoms with Crippen molar-refractivity contribution in [2.75, 3.05) is 0 Å². The van der Waals surface area contributed by atoms with E-state index in [2.05, 4.69) is 64.1 Å². The molecule has 2 heteroatoms. The molecule has 0 radical (unpaired) electrons. The molecule has 0 spiro atoms. The van der Waals surface area contributed by atoms with Gasteiger partial charge < -0.3 is 5.73 Å². The van der Waals surface area contributed by atoms with Crippen LogP contribution in [0.15, 0.2) is 36.4 Å². The van der Waals surface area contributed by atoms with Crippen molar-refractivity contribution in [3.63, 3.8) is 0 Å². The van der Waals surface area contributed by atoms with Gasteiger partial charge in [0, 0.05) is 15.8 Å². The summed E-state index contributed by atoms with van der Waals surface area (Å²) in [6.45, 7) is 8.92. The molecule has 1 nitrogen and oxygen atoms in total. The first-order valence-electron chi connectivity index (χ1n) is 6.88. The predicted molar refractivity (Wildman–Crippen MR) is 85.7 cm³/mol. The van der Waals surface area contributed by atoms with Crippen LogP contribution in [0.3, 0.4) is 0 Å². The van der Waals surface area contributed by atoms with E-state index in [9.17, 15) is 0 Å². The number of hydrogen-bond acceptors (Lipinski definition) is 2. The van der Waals surface area contributed by atoms with Gasteiger partial charge in [0.15, 0.2) is 0 Å². The number of hydrogen-bond donors (Lipinski definition) is 1. The quantitative estimate of drug-likeness (QED) is 0.825. The zero-order chi connectivity index (χ0) is 14.0. The maximum Gasteiger partial charge on any atom is 0.0387 e. The second-order valence-electron chi connectivity index (χ2n) is 6.01. The van der Waals surface area contributed by atoms with Gasteiger partial charge >= 0.3 is 0 Å². The largest absolute Gasteiger partial charge is 0.323 e. The minimum absolute atomic E-state index is 0.160. The van der Waals surface area contributed by atoms with E-state index in [1.807, 2.05) is 11.3 Å². The Morgan fingerprint density at radius 3 is 2.42 bits per heavy atom. The number of thiophene rings is 1. The summed E-state index contributed by atoms with van der Waals surface area (Å²) < 4.78 is 0. The summed E-state index contributed by atoms with van der Waals surface area (Å²) in [7, 11) is 0. The van der Waals surface area contributed by atoms with Gasteiger partial charge in [-0.3, -0.25) is 0 Å². The normalized spacial score (nSPS) is 13.5. The highest BCUT2D eigenvalue weighted by Crippen LogP contribution is 2.37. The molecule has 1 unspecified atom stereocenters. The summed E-state index contributed by atoms with van der Waals surface area (Å²) >= 11 is 1.82. The predicted octanol–water partition coefficient (Wildman–Crippen LogP) is 5.12. The highest BCUT2D eigenvalue weighted by molar-refractivity contribution is 7.15. The van der Waals surface area contributed by atoms with Gasteiger partial charge in [0.05, 0.1) is 0 Å². The maximum atomic E-state index is 6.12. The van der Waals surface area contributed by atoms with Gasteiger partial charge in [-0.05, 0) is 35.1 Å². The Hall–Kier alpha value is -1.12. The Bertz CT molecular complexity index is 548. The van der Waals surface area contributed by atoms with Crippen LogP contribution in [-0.4, -0.2) is 0 Å². The van der Waals surface area contributed by atoms with Crippen molar-refractivity contribution in [1.82, 2.24) is 0 Å². The second kappa shape index (κ2) is 5.48. The molecule has 0 aliphatic rings. The molecule has 2 N–H and O–H groups in total. The molecule has 0 saturated carbocycles. The molecule has 1 atom stereocenters. The zero-order valence-electron chi connectivity index (χ0n) is 12.2. The summed E-state index contributed by atoms with van der Waals surface area (Å²) in [6.07, 6.45) is 0.987. The molecule has 0 aliphatic heterocycles. The molecule has 1 aromatic heterocycles. The van der Waals surface area contributed by atoms with Crippen LogP contribution >= 0.6 is 11.3 Å². The fourth-order valence-corrected chi connectivity index (χ4v) is 3.38. The van der Waals surface area contributed by atoms with Crippen LogP contribution in [-0.2, 0) is 5.41 Å². The lowest BCUT2D eigenvalue weighted by Gasteiger charge is -2.22. The van der Waals surface area contributed by atoms with Gasteiger partial charge in [-0.15, -0.1) is 11.3 Å². The van der Waals surface area contributed by atoms with Crippen LogP contribution in [0.1, 0.15) is 50.6 Å². The Morgan fingerprint density at radius 2 is 1.79 bits per heavy atom. The maximum absolute atomic E-state index is 6.12. The van der Waals surface area contributed by atoms with Gasteiger partial charge in [0.2, 0.25) is 0 Å². The van der Waals surface area contributed by atoms with Crippen LogP contribution in [0, 0.1) is 0 Å². The topological polar surface area (TPSA) is 26.0 Å². The first-order valence-corrected chi connectivity index (χ1v) is 7.70. The summed E-state index contributed by atoms with van der Waals surface area (Å²) in [5.41, 5.74) is 9.02. The van der Waals surface area contributed by atoms with Crippen LogP contribution in [0.4, 0.5) is 0 Å². The van der Waals surface area contributed by atoms with Gasteiger partial charge in [0.1, 0.15) is 0 Å². The fourth-order valence-electron chi connectivity index (χ4n) is 2.25. The highest BCUT2D eigenvalue weighted by atomic mass is 32.1. The molecule has 19 heavy (non-hydrogen) atoms. The molecule has 0 bridgehead atoms. The van der Waals surface area contributed by atoms with Crippen molar-refractivity contribution in [2.24, 2.45) is 5.73 Å². The van der Waals surface area contributed by atoms with E-state index in [0.717, 1.165) is 6.42 Å². The fraction of sp³-hybridized carbons (Fsp3) is 0.412. The SMILES string of the molecule is CCC(N)c1ccc(-c2ccccc2C(C)(C)C)s1. The third kappa shape index (κ3) is 3.07. The zero-order valence-corrected chi connectivity index (χ0v) is 13.1. The molecule has 2 rings (SSSR count). The van der Waals surface area contributed by atoms with Gasteiger partial charge in [-0.1, -0.05) is 52.0 Å². The smallest absolute Gasteiger partial charge is 0.0387 e. The van der Waals surface area contributed by atoms with Crippen molar-refractivity contribution in [3.8, 4) is 10.4 Å². The lowest BCUT2D eigenvalue weighted by atomic mass is 9.83. The minimum Gasteiger partial charge on any atom is -0.323 e. The van der Waals surface area contributed by atoms with E-state index in [1.165, 1.54) is 20.9 Å². The third-order valence-electron chi connectivity index (χ3n) is 3.43. The molecule has 1 heterocycles. The van der Waals surface area contributed by atoms with Crippen molar-refractivity contribution in [3.05, 3.63) is 46.8 Å². The second-order valence-corrected chi connectivity index (χ2v) is 7.13.